The number of fused-ring (bicyclic) bond motifs is 4. The van der Waals surface area contributed by atoms with E-state index in [1.54, 1.807) is 13.8 Å². The van der Waals surface area contributed by atoms with E-state index in [2.05, 4.69) is 11.0 Å². The highest BCUT2D eigenvalue weighted by Crippen LogP contribution is 2.51. The molecule has 0 N–H and O–H groups in total. The minimum absolute atomic E-state index is 0.205. The van der Waals surface area contributed by atoms with Crippen LogP contribution in [-0.4, -0.2) is 36.6 Å². The summed E-state index contributed by atoms with van der Waals surface area (Å²) >= 11 is 0. The lowest BCUT2D eigenvalue weighted by atomic mass is 9.65. The molecule has 0 fully saturated rings. The summed E-state index contributed by atoms with van der Waals surface area (Å²) in [5, 5.41) is 0. The summed E-state index contributed by atoms with van der Waals surface area (Å²) in [6, 6.07) is 15.3. The van der Waals surface area contributed by atoms with Crippen LogP contribution in [0.5, 0.6) is 0 Å². The van der Waals surface area contributed by atoms with Gasteiger partial charge in [-0.1, -0.05) is 48.5 Å². The second-order valence-corrected chi connectivity index (χ2v) is 7.23. The van der Waals surface area contributed by atoms with E-state index in [-0.39, 0.29) is 13.2 Å². The summed E-state index contributed by atoms with van der Waals surface area (Å²) in [6.07, 6.45) is 0.885. The van der Waals surface area contributed by atoms with Gasteiger partial charge in [-0.25, -0.2) is 0 Å². The van der Waals surface area contributed by atoms with Gasteiger partial charge in [-0.3, -0.25) is 14.5 Å². The van der Waals surface area contributed by atoms with Crippen LogP contribution in [0.15, 0.2) is 48.5 Å². The Kier molecular flexibility index (Phi) is 4.94. The number of ether oxygens (including phenoxy) is 2. The van der Waals surface area contributed by atoms with Gasteiger partial charge in [0.15, 0.2) is 0 Å². The van der Waals surface area contributed by atoms with Crippen molar-refractivity contribution in [3.8, 4) is 0 Å². The molecule has 0 spiro atoms. The first-order valence-electron chi connectivity index (χ1n) is 9.89. The van der Waals surface area contributed by atoms with Gasteiger partial charge in [-0.05, 0) is 42.5 Å². The van der Waals surface area contributed by atoms with Crippen molar-refractivity contribution in [2.24, 2.45) is 0 Å². The van der Waals surface area contributed by atoms with E-state index in [0.29, 0.717) is 12.1 Å². The first-order chi connectivity index (χ1) is 13.6. The number of carbonyl (C=O) groups excluding carboxylic acids is 2. The maximum absolute atomic E-state index is 13.5. The Bertz CT molecular complexity index is 889. The molecular weight excluding hydrogens is 354 g/mol. The fraction of sp³-hybridized carbons (Fsp3) is 0.391. The zero-order valence-corrected chi connectivity index (χ0v) is 16.3. The van der Waals surface area contributed by atoms with E-state index >= 15 is 0 Å². The average Bonchev–Trinajstić information content (AvgIpc) is 2.72. The topological polar surface area (TPSA) is 55.8 Å². The van der Waals surface area contributed by atoms with E-state index in [1.165, 1.54) is 5.56 Å². The summed E-state index contributed by atoms with van der Waals surface area (Å²) < 4.78 is 11.0. The van der Waals surface area contributed by atoms with Crippen LogP contribution in [-0.2, 0) is 37.4 Å². The minimum atomic E-state index is -1.53. The molecule has 2 aromatic carbocycles. The van der Waals surface area contributed by atoms with Crippen molar-refractivity contribution in [2.75, 3.05) is 19.8 Å². The molecule has 146 valence electrons. The van der Waals surface area contributed by atoms with Crippen molar-refractivity contribution >= 4 is 11.9 Å². The third-order valence-corrected chi connectivity index (χ3v) is 5.80. The smallest absolute Gasteiger partial charge is 0.330 e. The van der Waals surface area contributed by atoms with E-state index in [4.69, 9.17) is 9.47 Å². The number of carbonyl (C=O) groups is 2. The van der Waals surface area contributed by atoms with Crippen LogP contribution in [0.3, 0.4) is 0 Å². The van der Waals surface area contributed by atoms with Gasteiger partial charge in [0.2, 0.25) is 5.41 Å². The Morgan fingerprint density at radius 2 is 1.57 bits per heavy atom. The standard InChI is InChI=1S/C23H25NO4/c1-3-27-21(25)23(22(26)28-4-2)19-12-8-6-10-17(19)15-24-14-13-16-9-5-7-11-18(16)20(23)24/h5-12,20H,3-4,13-15H2,1-2H3. The molecule has 0 radical (unpaired) electrons. The minimum Gasteiger partial charge on any atom is -0.465 e. The Hall–Kier alpha value is -2.66. The molecule has 0 saturated carbocycles. The summed E-state index contributed by atoms with van der Waals surface area (Å²) in [6.45, 7) is 5.40. The molecule has 0 bridgehead atoms. The number of hydrogen-bond donors (Lipinski definition) is 0. The van der Waals surface area contributed by atoms with Crippen LogP contribution < -0.4 is 0 Å². The zero-order chi connectivity index (χ0) is 19.7. The fourth-order valence-corrected chi connectivity index (χ4v) is 4.72. The predicted octanol–water partition coefficient (Wildman–Crippen LogP) is 3.16. The van der Waals surface area contributed by atoms with Crippen LogP contribution >= 0.6 is 0 Å². The zero-order valence-electron chi connectivity index (χ0n) is 16.3. The highest BCUT2D eigenvalue weighted by Gasteiger charge is 2.62. The van der Waals surface area contributed by atoms with Gasteiger partial charge in [0.05, 0.1) is 19.3 Å². The maximum atomic E-state index is 13.5. The fourth-order valence-electron chi connectivity index (χ4n) is 4.72. The van der Waals surface area contributed by atoms with Crippen LogP contribution in [0.2, 0.25) is 0 Å². The van der Waals surface area contributed by atoms with Crippen molar-refractivity contribution in [1.29, 1.82) is 0 Å². The molecule has 2 aromatic rings. The Balaban J connectivity index is 2.03. The van der Waals surface area contributed by atoms with E-state index in [9.17, 15) is 9.59 Å². The van der Waals surface area contributed by atoms with Crippen molar-refractivity contribution in [2.45, 2.75) is 38.3 Å². The molecule has 1 atom stereocenters. The third-order valence-electron chi connectivity index (χ3n) is 5.80. The van der Waals surface area contributed by atoms with Gasteiger partial charge < -0.3 is 9.47 Å². The lowest BCUT2D eigenvalue weighted by Gasteiger charge is -2.50. The Morgan fingerprint density at radius 1 is 0.964 bits per heavy atom. The Morgan fingerprint density at radius 3 is 2.25 bits per heavy atom. The molecule has 28 heavy (non-hydrogen) atoms. The van der Waals surface area contributed by atoms with Crippen LogP contribution in [0.4, 0.5) is 0 Å². The summed E-state index contributed by atoms with van der Waals surface area (Å²) in [5.41, 5.74) is 2.31. The normalized spacial score (nSPS) is 19.7. The summed E-state index contributed by atoms with van der Waals surface area (Å²) in [4.78, 5) is 29.2. The van der Waals surface area contributed by atoms with Crippen molar-refractivity contribution in [3.05, 3.63) is 70.8 Å². The molecule has 0 saturated heterocycles. The monoisotopic (exact) mass is 379 g/mol. The van der Waals surface area contributed by atoms with Gasteiger partial charge in [0.25, 0.3) is 0 Å². The SMILES string of the molecule is CCOC(=O)C1(C(=O)OCC)c2ccccc2CN2CCc3ccccc3C21. The molecule has 0 aromatic heterocycles. The average molecular weight is 379 g/mol. The number of rotatable bonds is 4. The van der Waals surface area contributed by atoms with Gasteiger partial charge in [-0.2, -0.15) is 0 Å². The largest absolute Gasteiger partial charge is 0.465 e. The lowest BCUT2D eigenvalue weighted by molar-refractivity contribution is -0.171. The second kappa shape index (κ2) is 7.40. The number of esters is 2. The van der Waals surface area contributed by atoms with Crippen LogP contribution in [0.1, 0.15) is 42.1 Å². The molecular formula is C23H25NO4. The first-order valence-corrected chi connectivity index (χ1v) is 9.89. The molecule has 1 unspecified atom stereocenters. The first kappa shape index (κ1) is 18.7. The van der Waals surface area contributed by atoms with Gasteiger partial charge >= 0.3 is 11.9 Å². The van der Waals surface area contributed by atoms with E-state index < -0.39 is 23.4 Å². The van der Waals surface area contributed by atoms with Crippen LogP contribution in [0.25, 0.3) is 0 Å². The molecule has 2 aliphatic heterocycles. The summed E-state index contributed by atoms with van der Waals surface area (Å²) in [5.74, 6) is -1.07. The molecule has 5 nitrogen and oxygen atoms in total. The molecule has 2 aliphatic rings. The van der Waals surface area contributed by atoms with Crippen LogP contribution in [0, 0.1) is 0 Å². The molecule has 5 heteroatoms. The van der Waals surface area contributed by atoms with Crippen molar-refractivity contribution in [1.82, 2.24) is 4.90 Å². The van der Waals surface area contributed by atoms with Crippen molar-refractivity contribution in [3.63, 3.8) is 0 Å². The molecule has 2 heterocycles. The van der Waals surface area contributed by atoms with Crippen molar-refractivity contribution < 1.29 is 19.1 Å². The van der Waals surface area contributed by atoms with E-state index in [0.717, 1.165) is 24.1 Å². The van der Waals surface area contributed by atoms with Gasteiger partial charge in [-0.15, -0.1) is 0 Å². The van der Waals surface area contributed by atoms with E-state index in [1.807, 2.05) is 42.5 Å². The maximum Gasteiger partial charge on any atom is 0.330 e. The highest BCUT2D eigenvalue weighted by atomic mass is 16.6. The third kappa shape index (κ3) is 2.65. The number of nitrogens with zero attached hydrogens (tertiary/aromatic N) is 1. The number of benzene rings is 2. The predicted molar refractivity (Wildman–Crippen MR) is 105 cm³/mol. The van der Waals surface area contributed by atoms with Gasteiger partial charge in [0.1, 0.15) is 0 Å². The summed E-state index contributed by atoms with van der Waals surface area (Å²) in [7, 11) is 0. The second-order valence-electron chi connectivity index (χ2n) is 7.23. The Labute approximate surface area is 165 Å². The number of hydrogen-bond acceptors (Lipinski definition) is 5. The lowest BCUT2D eigenvalue weighted by Crippen LogP contribution is -2.60. The highest BCUT2D eigenvalue weighted by molar-refractivity contribution is 6.08. The quantitative estimate of drug-likeness (QED) is 0.603. The molecule has 0 amide bonds. The van der Waals surface area contributed by atoms with Gasteiger partial charge in [0, 0.05) is 13.1 Å². The molecule has 4 rings (SSSR count). The molecule has 0 aliphatic carbocycles.